The predicted octanol–water partition coefficient (Wildman–Crippen LogP) is 1.50. The fourth-order valence-corrected chi connectivity index (χ4v) is 4.85. The Balaban J connectivity index is 1.77. The molecule has 2 aliphatic rings. The van der Waals surface area contributed by atoms with Crippen LogP contribution in [0.25, 0.3) is 6.08 Å². The van der Waals surface area contributed by atoms with Crippen LogP contribution in [0.5, 0.6) is 5.75 Å². The van der Waals surface area contributed by atoms with Crippen LogP contribution in [-0.4, -0.2) is 20.1 Å². The van der Waals surface area contributed by atoms with Gasteiger partial charge in [0.15, 0.2) is 4.80 Å². The van der Waals surface area contributed by atoms with Crippen molar-refractivity contribution in [3.8, 4) is 5.75 Å². The summed E-state index contributed by atoms with van der Waals surface area (Å²) in [7, 11) is 1.90. The third-order valence-corrected chi connectivity index (χ3v) is 6.20. The lowest BCUT2D eigenvalue weighted by Gasteiger charge is -2.39. The summed E-state index contributed by atoms with van der Waals surface area (Å²) in [4.78, 5) is 18.6. The van der Waals surface area contributed by atoms with Gasteiger partial charge in [-0.15, -0.1) is 0 Å². The van der Waals surface area contributed by atoms with Crippen LogP contribution in [-0.2, 0) is 7.05 Å². The fraction of sp³-hybridized carbons (Fsp3) is 0.316. The average Bonchev–Trinajstić information content (AvgIpc) is 3.08. The van der Waals surface area contributed by atoms with E-state index in [0.717, 1.165) is 27.4 Å². The molecule has 0 saturated heterocycles. The summed E-state index contributed by atoms with van der Waals surface area (Å²) in [5, 5.41) is 4.26. The molecule has 2 unspecified atom stereocenters. The van der Waals surface area contributed by atoms with Gasteiger partial charge in [0.1, 0.15) is 5.75 Å². The molecule has 2 atom stereocenters. The van der Waals surface area contributed by atoms with Gasteiger partial charge in [0.05, 0.1) is 16.8 Å². The number of aryl methyl sites for hydroxylation is 1. The lowest BCUT2D eigenvalue weighted by Crippen LogP contribution is -2.49. The quantitative estimate of drug-likeness (QED) is 0.656. The topological polar surface area (TPSA) is 61.4 Å². The minimum absolute atomic E-state index is 0.000700. The van der Waals surface area contributed by atoms with Gasteiger partial charge in [-0.1, -0.05) is 29.5 Å². The minimum atomic E-state index is -0.627. The molecule has 4 heterocycles. The highest BCUT2D eigenvalue weighted by Gasteiger charge is 2.42. The number of fused-ring (bicyclic) bond motifs is 6. The molecule has 6 nitrogen and oxygen atoms in total. The van der Waals surface area contributed by atoms with Crippen LogP contribution in [0.4, 0.5) is 0 Å². The molecule has 2 bridgehead atoms. The molecular weight excluding hydrogens is 348 g/mol. The van der Waals surface area contributed by atoms with Crippen molar-refractivity contribution in [3.63, 3.8) is 0 Å². The van der Waals surface area contributed by atoms with Crippen LogP contribution in [0.3, 0.4) is 0 Å². The Labute approximate surface area is 153 Å². The van der Waals surface area contributed by atoms with Gasteiger partial charge in [0.25, 0.3) is 5.56 Å². The molecule has 7 heteroatoms. The summed E-state index contributed by atoms with van der Waals surface area (Å²) in [5.41, 5.74) is 2.40. The van der Waals surface area contributed by atoms with Crippen molar-refractivity contribution in [2.45, 2.75) is 32.0 Å². The molecule has 1 aromatic carbocycles. The second-order valence-electron chi connectivity index (χ2n) is 7.02. The van der Waals surface area contributed by atoms with E-state index in [9.17, 15) is 4.79 Å². The average molecular weight is 366 g/mol. The number of nitrogens with zero attached hydrogens (tertiary/aromatic N) is 4. The molecule has 2 aliphatic heterocycles. The Bertz CT molecular complexity index is 1220. The van der Waals surface area contributed by atoms with Crippen molar-refractivity contribution in [2.24, 2.45) is 12.0 Å². The van der Waals surface area contributed by atoms with Crippen LogP contribution in [0, 0.1) is 6.92 Å². The van der Waals surface area contributed by atoms with Gasteiger partial charge in [-0.25, -0.2) is 4.99 Å². The third-order valence-electron chi connectivity index (χ3n) is 5.22. The Kier molecular flexibility index (Phi) is 3.10. The molecule has 26 heavy (non-hydrogen) atoms. The largest absolute Gasteiger partial charge is 0.466 e. The monoisotopic (exact) mass is 366 g/mol. The molecule has 0 radical (unpaired) electrons. The normalized spacial score (nSPS) is 23.8. The van der Waals surface area contributed by atoms with Crippen molar-refractivity contribution in [3.05, 3.63) is 67.0 Å². The van der Waals surface area contributed by atoms with E-state index in [4.69, 9.17) is 9.73 Å². The molecule has 0 N–H and O–H groups in total. The number of thiazole rings is 1. The van der Waals surface area contributed by atoms with Crippen molar-refractivity contribution in [1.82, 2.24) is 14.3 Å². The van der Waals surface area contributed by atoms with Crippen molar-refractivity contribution >= 4 is 17.4 Å². The van der Waals surface area contributed by atoms with Crippen LogP contribution in [0.1, 0.15) is 36.2 Å². The third kappa shape index (κ3) is 2.13. The van der Waals surface area contributed by atoms with E-state index < -0.39 is 5.72 Å². The molecule has 132 valence electrons. The van der Waals surface area contributed by atoms with Gasteiger partial charge in [0.2, 0.25) is 5.72 Å². The highest BCUT2D eigenvalue weighted by molar-refractivity contribution is 7.07. The van der Waals surface area contributed by atoms with E-state index in [1.165, 1.54) is 11.3 Å². The molecule has 0 aliphatic carbocycles. The lowest BCUT2D eigenvalue weighted by atomic mass is 9.93. The van der Waals surface area contributed by atoms with E-state index in [2.05, 4.69) is 5.10 Å². The molecule has 0 amide bonds. The van der Waals surface area contributed by atoms with E-state index in [1.54, 1.807) is 10.9 Å². The van der Waals surface area contributed by atoms with Crippen molar-refractivity contribution in [2.75, 3.05) is 0 Å². The number of benzene rings is 1. The molecule has 3 aromatic rings. The minimum Gasteiger partial charge on any atom is -0.466 e. The molecule has 0 saturated carbocycles. The van der Waals surface area contributed by atoms with Crippen LogP contribution >= 0.6 is 11.3 Å². The standard InChI is InChI=1S/C19H18N4O2S/c1-11-12(10-20-22(11)3)8-16-17(24)23-14-9-19(2,21-18(23)26-16)25-15-7-5-4-6-13(14)15/h4-8,10,14H,9H2,1-3H3. The maximum absolute atomic E-state index is 13.2. The second-order valence-corrected chi connectivity index (χ2v) is 8.03. The molecule has 0 fully saturated rings. The first kappa shape index (κ1) is 15.6. The maximum atomic E-state index is 13.2. The van der Waals surface area contributed by atoms with Gasteiger partial charge in [0, 0.05) is 30.3 Å². The van der Waals surface area contributed by atoms with Gasteiger partial charge in [-0.05, 0) is 26.0 Å². The SMILES string of the molecule is Cc1c(C=c2sc3n(c2=O)C2CC(C)(N=3)Oc3ccccc32)cnn1C. The number of aromatic nitrogens is 3. The zero-order valence-electron chi connectivity index (χ0n) is 14.8. The zero-order valence-corrected chi connectivity index (χ0v) is 15.6. The zero-order chi connectivity index (χ0) is 18.1. The summed E-state index contributed by atoms with van der Waals surface area (Å²) in [5.74, 6) is 0.812. The van der Waals surface area contributed by atoms with Crippen LogP contribution in [0.15, 0.2) is 40.2 Å². The Morgan fingerprint density at radius 3 is 2.96 bits per heavy atom. The number of hydrogen-bond donors (Lipinski definition) is 0. The van der Waals surface area contributed by atoms with E-state index >= 15 is 0 Å². The Morgan fingerprint density at radius 1 is 1.38 bits per heavy atom. The fourth-order valence-electron chi connectivity index (χ4n) is 3.74. The predicted molar refractivity (Wildman–Crippen MR) is 99.1 cm³/mol. The van der Waals surface area contributed by atoms with Gasteiger partial charge < -0.3 is 4.74 Å². The molecule has 5 rings (SSSR count). The maximum Gasteiger partial charge on any atom is 0.270 e. The highest BCUT2D eigenvalue weighted by Crippen LogP contribution is 2.42. The Hall–Kier alpha value is -2.67. The highest BCUT2D eigenvalue weighted by atomic mass is 32.1. The molecule has 0 spiro atoms. The van der Waals surface area contributed by atoms with Gasteiger partial charge in [-0.2, -0.15) is 5.10 Å². The first-order valence-electron chi connectivity index (χ1n) is 8.55. The summed E-state index contributed by atoms with van der Waals surface area (Å²) >= 11 is 1.42. The summed E-state index contributed by atoms with van der Waals surface area (Å²) in [6.07, 6.45) is 4.36. The van der Waals surface area contributed by atoms with Gasteiger partial charge in [-0.3, -0.25) is 14.0 Å². The smallest absolute Gasteiger partial charge is 0.270 e. The van der Waals surface area contributed by atoms with E-state index in [0.29, 0.717) is 11.0 Å². The van der Waals surface area contributed by atoms with Crippen molar-refractivity contribution in [1.29, 1.82) is 0 Å². The van der Waals surface area contributed by atoms with Gasteiger partial charge >= 0.3 is 0 Å². The molecular formula is C19H18N4O2S. The molecule has 2 aromatic heterocycles. The number of para-hydroxylation sites is 1. The second kappa shape index (κ2) is 5.17. The van der Waals surface area contributed by atoms with Crippen molar-refractivity contribution < 1.29 is 4.74 Å². The summed E-state index contributed by atoms with van der Waals surface area (Å²) in [6, 6.07) is 7.88. The van der Waals surface area contributed by atoms with Crippen LogP contribution < -0.4 is 19.6 Å². The number of hydrogen-bond acceptors (Lipinski definition) is 5. The lowest BCUT2D eigenvalue weighted by molar-refractivity contribution is 0.0410. The first-order valence-corrected chi connectivity index (χ1v) is 9.36. The van der Waals surface area contributed by atoms with Crippen LogP contribution in [0.2, 0.25) is 0 Å². The van der Waals surface area contributed by atoms with E-state index in [-0.39, 0.29) is 11.6 Å². The number of rotatable bonds is 1. The number of ether oxygens (including phenoxy) is 1. The van der Waals surface area contributed by atoms with E-state index in [1.807, 2.05) is 55.8 Å². The summed E-state index contributed by atoms with van der Waals surface area (Å²) in [6.45, 7) is 3.98. The Morgan fingerprint density at radius 2 is 2.19 bits per heavy atom. The summed E-state index contributed by atoms with van der Waals surface area (Å²) < 4.78 is 10.4. The first-order chi connectivity index (χ1) is 12.5.